The average Bonchev–Trinajstić information content (AvgIpc) is 2.84. The highest BCUT2D eigenvalue weighted by atomic mass is 16.6. The monoisotopic (exact) mass is 457 g/mol. The van der Waals surface area contributed by atoms with Crippen LogP contribution in [0.1, 0.15) is 21.5 Å². The Balaban J connectivity index is 1.84. The van der Waals surface area contributed by atoms with Crippen LogP contribution >= 0.6 is 0 Å². The lowest BCUT2D eigenvalue weighted by Crippen LogP contribution is -2.32. The summed E-state index contributed by atoms with van der Waals surface area (Å²) in [6, 6.07) is 21.9. The predicted octanol–water partition coefficient (Wildman–Crippen LogP) is 3.58. The van der Waals surface area contributed by atoms with Crippen molar-refractivity contribution in [3.63, 3.8) is 0 Å². The van der Waals surface area contributed by atoms with Crippen LogP contribution in [0.2, 0.25) is 0 Å². The molecule has 172 valence electrons. The Morgan fingerprint density at radius 2 is 1.59 bits per heavy atom. The van der Waals surface area contributed by atoms with Gasteiger partial charge in [0.15, 0.2) is 0 Å². The minimum absolute atomic E-state index is 0.0360. The standard InChI is InChI=1S/C25H23N5O4/c1-29(2)21-14-12-18(13-15-21)16-22(27-24(31)19-8-4-3-5-9-19)25(32)28-26-17-20-10-6-7-11-23(20)30(33)34/h3-17H,1-2H3,(H,27,31)(H,28,32)/b22-16-,26-17+. The summed E-state index contributed by atoms with van der Waals surface area (Å²) >= 11 is 0. The summed E-state index contributed by atoms with van der Waals surface area (Å²) in [5.74, 6) is -1.15. The number of rotatable bonds is 8. The molecule has 9 heteroatoms. The first kappa shape index (κ1) is 23.9. The van der Waals surface area contributed by atoms with Crippen molar-refractivity contribution < 1.29 is 14.5 Å². The molecule has 3 aromatic carbocycles. The first-order chi connectivity index (χ1) is 16.3. The molecule has 0 bridgehead atoms. The number of anilines is 1. The molecule has 0 aliphatic heterocycles. The third kappa shape index (κ3) is 6.36. The summed E-state index contributed by atoms with van der Waals surface area (Å²) in [5.41, 5.74) is 4.41. The second-order valence-corrected chi connectivity index (χ2v) is 7.38. The Labute approximate surface area is 196 Å². The van der Waals surface area contributed by atoms with Crippen LogP contribution in [0, 0.1) is 10.1 Å². The number of nitrogens with zero attached hydrogens (tertiary/aromatic N) is 3. The molecule has 0 saturated carbocycles. The van der Waals surface area contributed by atoms with Crippen molar-refractivity contribution >= 4 is 35.5 Å². The molecule has 2 amide bonds. The zero-order valence-corrected chi connectivity index (χ0v) is 18.6. The quantitative estimate of drug-likeness (QED) is 0.232. The Morgan fingerprint density at radius 1 is 0.941 bits per heavy atom. The van der Waals surface area contributed by atoms with Crippen LogP contribution in [-0.2, 0) is 4.79 Å². The van der Waals surface area contributed by atoms with Gasteiger partial charge in [-0.3, -0.25) is 19.7 Å². The number of nitro benzene ring substituents is 1. The van der Waals surface area contributed by atoms with Gasteiger partial charge in [-0.25, -0.2) is 5.43 Å². The van der Waals surface area contributed by atoms with Crippen molar-refractivity contribution in [1.82, 2.24) is 10.7 Å². The molecule has 0 atom stereocenters. The van der Waals surface area contributed by atoms with Crippen LogP contribution in [0.3, 0.4) is 0 Å². The molecular weight excluding hydrogens is 434 g/mol. The molecule has 3 aromatic rings. The predicted molar refractivity (Wildman–Crippen MR) is 131 cm³/mol. The Hall–Kier alpha value is -4.79. The van der Waals surface area contributed by atoms with Crippen molar-refractivity contribution in [2.45, 2.75) is 0 Å². The summed E-state index contributed by atoms with van der Waals surface area (Å²) in [6.45, 7) is 0. The van der Waals surface area contributed by atoms with Gasteiger partial charge in [0, 0.05) is 31.4 Å². The van der Waals surface area contributed by atoms with Crippen molar-refractivity contribution in [2.75, 3.05) is 19.0 Å². The van der Waals surface area contributed by atoms with Gasteiger partial charge in [0.2, 0.25) is 0 Å². The Kier molecular flexibility index (Phi) is 7.85. The lowest BCUT2D eigenvalue weighted by Gasteiger charge is -2.12. The molecule has 0 fully saturated rings. The zero-order valence-electron chi connectivity index (χ0n) is 18.6. The van der Waals surface area contributed by atoms with E-state index in [2.05, 4.69) is 15.8 Å². The fourth-order valence-corrected chi connectivity index (χ4v) is 2.96. The number of carbonyl (C=O) groups is 2. The molecule has 0 heterocycles. The fourth-order valence-electron chi connectivity index (χ4n) is 2.96. The molecule has 2 N–H and O–H groups in total. The van der Waals surface area contributed by atoms with E-state index in [1.807, 2.05) is 43.3 Å². The summed E-state index contributed by atoms with van der Waals surface area (Å²) < 4.78 is 0. The zero-order chi connectivity index (χ0) is 24.5. The minimum Gasteiger partial charge on any atom is -0.378 e. The van der Waals surface area contributed by atoms with Crippen LogP contribution in [0.25, 0.3) is 6.08 Å². The van der Waals surface area contributed by atoms with Gasteiger partial charge < -0.3 is 10.2 Å². The van der Waals surface area contributed by atoms with E-state index < -0.39 is 16.7 Å². The number of benzene rings is 3. The fraction of sp³-hybridized carbons (Fsp3) is 0.0800. The number of carbonyl (C=O) groups excluding carboxylic acids is 2. The SMILES string of the molecule is CN(C)c1ccc(/C=C(\NC(=O)c2ccccc2)C(=O)N/N=C/c2ccccc2[N+](=O)[O-])cc1. The second kappa shape index (κ2) is 11.2. The van der Waals surface area contributed by atoms with Gasteiger partial charge in [-0.15, -0.1) is 0 Å². The Bertz CT molecular complexity index is 1240. The smallest absolute Gasteiger partial charge is 0.287 e. The highest BCUT2D eigenvalue weighted by Crippen LogP contribution is 2.16. The first-order valence-electron chi connectivity index (χ1n) is 10.3. The number of para-hydroxylation sites is 1. The third-order valence-electron chi connectivity index (χ3n) is 4.75. The van der Waals surface area contributed by atoms with E-state index >= 15 is 0 Å². The molecule has 0 aliphatic carbocycles. The summed E-state index contributed by atoms with van der Waals surface area (Å²) in [5, 5.41) is 17.6. The van der Waals surface area contributed by atoms with E-state index in [9.17, 15) is 19.7 Å². The number of hydrogen-bond donors (Lipinski definition) is 2. The maximum atomic E-state index is 12.8. The molecule has 0 unspecified atom stereocenters. The van der Waals surface area contributed by atoms with Crippen LogP contribution in [-0.4, -0.2) is 37.0 Å². The van der Waals surface area contributed by atoms with E-state index in [0.29, 0.717) is 11.1 Å². The van der Waals surface area contributed by atoms with Crippen molar-refractivity contribution in [3.05, 3.63) is 111 Å². The van der Waals surface area contributed by atoms with E-state index in [0.717, 1.165) is 5.69 Å². The van der Waals surface area contributed by atoms with Gasteiger partial charge in [0.1, 0.15) is 5.70 Å². The van der Waals surface area contributed by atoms with E-state index in [1.165, 1.54) is 30.5 Å². The molecule has 0 spiro atoms. The van der Waals surface area contributed by atoms with Crippen molar-refractivity contribution in [3.8, 4) is 0 Å². The summed E-state index contributed by atoms with van der Waals surface area (Å²) in [6.07, 6.45) is 2.70. The van der Waals surface area contributed by atoms with E-state index in [1.54, 1.807) is 36.4 Å². The van der Waals surface area contributed by atoms with Gasteiger partial charge in [-0.1, -0.05) is 42.5 Å². The number of nitrogens with one attached hydrogen (secondary N) is 2. The summed E-state index contributed by atoms with van der Waals surface area (Å²) in [4.78, 5) is 38.1. The van der Waals surface area contributed by atoms with Crippen LogP contribution < -0.4 is 15.6 Å². The molecule has 0 aromatic heterocycles. The normalized spacial score (nSPS) is 11.2. The number of hydrogen-bond acceptors (Lipinski definition) is 6. The topological polar surface area (TPSA) is 117 Å². The van der Waals surface area contributed by atoms with Crippen molar-refractivity contribution in [2.24, 2.45) is 5.10 Å². The third-order valence-corrected chi connectivity index (χ3v) is 4.75. The number of hydrazone groups is 1. The second-order valence-electron chi connectivity index (χ2n) is 7.38. The molecule has 0 radical (unpaired) electrons. The highest BCUT2D eigenvalue weighted by molar-refractivity contribution is 6.05. The molecule has 3 rings (SSSR count). The largest absolute Gasteiger partial charge is 0.378 e. The van der Waals surface area contributed by atoms with Crippen LogP contribution in [0.4, 0.5) is 11.4 Å². The maximum Gasteiger partial charge on any atom is 0.287 e. The highest BCUT2D eigenvalue weighted by Gasteiger charge is 2.15. The molecule has 9 nitrogen and oxygen atoms in total. The van der Waals surface area contributed by atoms with E-state index in [-0.39, 0.29) is 16.9 Å². The van der Waals surface area contributed by atoms with Gasteiger partial charge >= 0.3 is 0 Å². The first-order valence-corrected chi connectivity index (χ1v) is 10.3. The number of nitro groups is 1. The van der Waals surface area contributed by atoms with Gasteiger partial charge in [-0.2, -0.15) is 5.10 Å². The van der Waals surface area contributed by atoms with E-state index in [4.69, 9.17) is 0 Å². The Morgan fingerprint density at radius 3 is 2.24 bits per heavy atom. The lowest BCUT2D eigenvalue weighted by atomic mass is 10.1. The number of amides is 2. The minimum atomic E-state index is -0.684. The van der Waals surface area contributed by atoms with Crippen LogP contribution in [0.5, 0.6) is 0 Å². The van der Waals surface area contributed by atoms with Gasteiger partial charge in [-0.05, 0) is 42.0 Å². The molecular formula is C25H23N5O4. The van der Waals surface area contributed by atoms with Crippen molar-refractivity contribution in [1.29, 1.82) is 0 Å². The molecule has 0 saturated heterocycles. The van der Waals surface area contributed by atoms with Crippen LogP contribution in [0.15, 0.2) is 89.7 Å². The lowest BCUT2D eigenvalue weighted by molar-refractivity contribution is -0.385. The summed E-state index contributed by atoms with van der Waals surface area (Å²) in [7, 11) is 3.83. The van der Waals surface area contributed by atoms with Gasteiger partial charge in [0.25, 0.3) is 17.5 Å². The molecule has 0 aliphatic rings. The maximum absolute atomic E-state index is 12.8. The average molecular weight is 457 g/mol. The van der Waals surface area contributed by atoms with Gasteiger partial charge in [0.05, 0.1) is 16.7 Å². The molecule has 34 heavy (non-hydrogen) atoms.